The molecule has 0 aromatic rings. The van der Waals surface area contributed by atoms with E-state index in [2.05, 4.69) is 10.6 Å². The Morgan fingerprint density at radius 1 is 1.53 bits per heavy atom. The van der Waals surface area contributed by atoms with Gasteiger partial charge in [0.1, 0.15) is 0 Å². The lowest BCUT2D eigenvalue weighted by Crippen LogP contribution is -2.51. The normalized spacial score (nSPS) is 25.5. The first-order valence-corrected chi connectivity index (χ1v) is 5.71. The van der Waals surface area contributed by atoms with Gasteiger partial charge in [-0.1, -0.05) is 0 Å². The number of rotatable bonds is 6. The first-order chi connectivity index (χ1) is 7.19. The number of hydrogen-bond donors (Lipinski definition) is 2. The van der Waals surface area contributed by atoms with Crippen molar-refractivity contribution in [1.82, 2.24) is 10.6 Å². The third kappa shape index (κ3) is 3.80. The van der Waals surface area contributed by atoms with Crippen LogP contribution in [-0.2, 0) is 9.53 Å². The molecule has 1 amide bonds. The quantitative estimate of drug-likeness (QED) is 0.639. The van der Waals surface area contributed by atoms with E-state index >= 15 is 0 Å². The number of hydrogen-bond acceptors (Lipinski definition) is 3. The highest BCUT2D eigenvalue weighted by molar-refractivity contribution is 5.86. The molecular weight excluding hydrogens is 192 g/mol. The van der Waals surface area contributed by atoms with Crippen LogP contribution in [0.4, 0.5) is 0 Å². The molecule has 0 aliphatic carbocycles. The summed E-state index contributed by atoms with van der Waals surface area (Å²) in [6.45, 7) is 4.45. The largest absolute Gasteiger partial charge is 0.385 e. The van der Waals surface area contributed by atoms with Gasteiger partial charge in [-0.2, -0.15) is 0 Å². The Hall–Kier alpha value is -0.610. The van der Waals surface area contributed by atoms with Gasteiger partial charge in [-0.3, -0.25) is 4.79 Å². The molecule has 1 aliphatic rings. The van der Waals surface area contributed by atoms with Crippen molar-refractivity contribution in [2.45, 2.75) is 38.1 Å². The molecule has 0 radical (unpaired) electrons. The van der Waals surface area contributed by atoms with Gasteiger partial charge in [0.25, 0.3) is 0 Å². The maximum Gasteiger partial charge on any atom is 0.240 e. The number of methoxy groups -OCH3 is 1. The molecule has 4 heteroatoms. The topological polar surface area (TPSA) is 50.4 Å². The van der Waals surface area contributed by atoms with Crippen molar-refractivity contribution in [1.29, 1.82) is 0 Å². The van der Waals surface area contributed by atoms with Gasteiger partial charge >= 0.3 is 0 Å². The molecule has 15 heavy (non-hydrogen) atoms. The van der Waals surface area contributed by atoms with Crippen LogP contribution in [0.2, 0.25) is 0 Å². The second kappa shape index (κ2) is 6.08. The van der Waals surface area contributed by atoms with Crippen molar-refractivity contribution in [3.05, 3.63) is 0 Å². The minimum atomic E-state index is -0.332. The van der Waals surface area contributed by atoms with Crippen LogP contribution >= 0.6 is 0 Å². The van der Waals surface area contributed by atoms with Crippen molar-refractivity contribution in [2.24, 2.45) is 0 Å². The van der Waals surface area contributed by atoms with Crippen LogP contribution < -0.4 is 10.6 Å². The van der Waals surface area contributed by atoms with E-state index < -0.39 is 0 Å². The zero-order valence-corrected chi connectivity index (χ0v) is 9.77. The van der Waals surface area contributed by atoms with Crippen molar-refractivity contribution < 1.29 is 9.53 Å². The molecular formula is C11H22N2O2. The van der Waals surface area contributed by atoms with E-state index in [0.29, 0.717) is 0 Å². The number of unbranched alkanes of at least 4 members (excludes halogenated alkanes) is 1. The molecule has 4 nitrogen and oxygen atoms in total. The summed E-state index contributed by atoms with van der Waals surface area (Å²) in [5.41, 5.74) is -0.332. The summed E-state index contributed by atoms with van der Waals surface area (Å²) >= 11 is 0. The van der Waals surface area contributed by atoms with Crippen LogP contribution in [0.15, 0.2) is 0 Å². The summed E-state index contributed by atoms with van der Waals surface area (Å²) in [6.07, 6.45) is 4.01. The Morgan fingerprint density at radius 2 is 2.33 bits per heavy atom. The number of carbonyl (C=O) groups excluding carboxylic acids is 1. The second-order valence-electron chi connectivity index (χ2n) is 4.32. The van der Waals surface area contributed by atoms with Crippen LogP contribution in [0.5, 0.6) is 0 Å². The predicted molar refractivity (Wildman–Crippen MR) is 59.8 cm³/mol. The van der Waals surface area contributed by atoms with Crippen LogP contribution in [0.3, 0.4) is 0 Å². The molecule has 1 saturated heterocycles. The summed E-state index contributed by atoms with van der Waals surface area (Å²) in [4.78, 5) is 11.8. The Morgan fingerprint density at radius 3 is 2.93 bits per heavy atom. The monoisotopic (exact) mass is 214 g/mol. The summed E-state index contributed by atoms with van der Waals surface area (Å²) in [5.74, 6) is 0.136. The van der Waals surface area contributed by atoms with E-state index in [1.165, 1.54) is 0 Å². The lowest BCUT2D eigenvalue weighted by molar-refractivity contribution is -0.126. The molecule has 1 heterocycles. The first kappa shape index (κ1) is 12.5. The van der Waals surface area contributed by atoms with Gasteiger partial charge in [-0.05, 0) is 39.2 Å². The molecule has 0 aromatic carbocycles. The van der Waals surface area contributed by atoms with E-state index in [1.54, 1.807) is 7.11 Å². The van der Waals surface area contributed by atoms with E-state index in [-0.39, 0.29) is 11.4 Å². The fourth-order valence-electron chi connectivity index (χ4n) is 1.86. The molecule has 1 aliphatic heterocycles. The number of amides is 1. The highest BCUT2D eigenvalue weighted by Gasteiger charge is 2.35. The molecule has 0 bridgehead atoms. The van der Waals surface area contributed by atoms with Gasteiger partial charge in [0.15, 0.2) is 0 Å². The lowest BCUT2D eigenvalue weighted by Gasteiger charge is -2.22. The Labute approximate surface area is 91.8 Å². The van der Waals surface area contributed by atoms with E-state index in [1.807, 2.05) is 6.92 Å². The van der Waals surface area contributed by atoms with Gasteiger partial charge in [-0.15, -0.1) is 0 Å². The maximum atomic E-state index is 11.8. The van der Waals surface area contributed by atoms with E-state index in [9.17, 15) is 4.79 Å². The highest BCUT2D eigenvalue weighted by Crippen LogP contribution is 2.18. The molecule has 1 fully saturated rings. The molecule has 1 atom stereocenters. The number of ether oxygens (including phenoxy) is 1. The highest BCUT2D eigenvalue weighted by atomic mass is 16.5. The zero-order chi connectivity index (χ0) is 11.1. The van der Waals surface area contributed by atoms with Gasteiger partial charge < -0.3 is 15.4 Å². The zero-order valence-electron chi connectivity index (χ0n) is 9.77. The molecule has 1 unspecified atom stereocenters. The van der Waals surface area contributed by atoms with Crippen molar-refractivity contribution >= 4 is 5.91 Å². The number of nitrogens with one attached hydrogen (secondary N) is 2. The summed E-state index contributed by atoms with van der Waals surface area (Å²) in [5, 5.41) is 6.22. The van der Waals surface area contributed by atoms with Crippen LogP contribution in [0.1, 0.15) is 32.6 Å². The van der Waals surface area contributed by atoms with Crippen molar-refractivity contribution in [3.8, 4) is 0 Å². The fraction of sp³-hybridized carbons (Fsp3) is 0.909. The van der Waals surface area contributed by atoms with Gasteiger partial charge in [-0.25, -0.2) is 0 Å². The van der Waals surface area contributed by atoms with Gasteiger partial charge in [0, 0.05) is 20.3 Å². The standard InChI is InChI=1S/C11H22N2O2/c1-11(6-5-8-13-11)10(14)12-7-3-4-9-15-2/h13H,3-9H2,1-2H3,(H,12,14). The van der Waals surface area contributed by atoms with E-state index in [0.717, 1.165) is 45.4 Å². The SMILES string of the molecule is COCCCCNC(=O)C1(C)CCCN1. The Kier molecular flexibility index (Phi) is 5.05. The summed E-state index contributed by atoms with van der Waals surface area (Å²) in [7, 11) is 1.70. The van der Waals surface area contributed by atoms with E-state index in [4.69, 9.17) is 4.74 Å². The van der Waals surface area contributed by atoms with Crippen molar-refractivity contribution in [3.63, 3.8) is 0 Å². The fourth-order valence-corrected chi connectivity index (χ4v) is 1.86. The molecule has 2 N–H and O–H groups in total. The third-order valence-electron chi connectivity index (χ3n) is 2.93. The smallest absolute Gasteiger partial charge is 0.240 e. The first-order valence-electron chi connectivity index (χ1n) is 5.71. The molecule has 0 saturated carbocycles. The number of carbonyl (C=O) groups is 1. The Bertz CT molecular complexity index is 201. The molecule has 0 aromatic heterocycles. The van der Waals surface area contributed by atoms with Gasteiger partial charge in [0.05, 0.1) is 5.54 Å². The molecule has 1 rings (SSSR count). The lowest BCUT2D eigenvalue weighted by atomic mass is 9.99. The summed E-state index contributed by atoms with van der Waals surface area (Å²) in [6, 6.07) is 0. The third-order valence-corrected chi connectivity index (χ3v) is 2.93. The summed E-state index contributed by atoms with van der Waals surface area (Å²) < 4.78 is 4.94. The van der Waals surface area contributed by atoms with Crippen LogP contribution in [0.25, 0.3) is 0 Å². The maximum absolute atomic E-state index is 11.8. The molecule has 0 spiro atoms. The average molecular weight is 214 g/mol. The van der Waals surface area contributed by atoms with Crippen LogP contribution in [-0.4, -0.2) is 38.3 Å². The predicted octanol–water partition coefficient (Wildman–Crippen LogP) is 0.671. The Balaban J connectivity index is 2.12. The van der Waals surface area contributed by atoms with Crippen LogP contribution in [0, 0.1) is 0 Å². The average Bonchev–Trinajstić information content (AvgIpc) is 2.66. The minimum absolute atomic E-state index is 0.136. The van der Waals surface area contributed by atoms with Gasteiger partial charge in [0.2, 0.25) is 5.91 Å². The molecule has 88 valence electrons. The minimum Gasteiger partial charge on any atom is -0.385 e. The van der Waals surface area contributed by atoms with Crippen molar-refractivity contribution in [2.75, 3.05) is 26.8 Å². The second-order valence-corrected chi connectivity index (χ2v) is 4.32.